The van der Waals surface area contributed by atoms with Gasteiger partial charge >= 0.3 is 12.2 Å². The summed E-state index contributed by atoms with van der Waals surface area (Å²) in [4.78, 5) is 66.8. The standard InChI is InChI=1S/C32H46F3N5O6/c1-6-18-12-14-40(25(18)28(43)37-22(26(41)27(36)42)11-13-32(33,34)35)29(44)24(21-15-19-9-7-8-10-20(19)16-21)39-30(45)38-23(17-46-5)31(2,3)4/h7-10,18,21-25H,6,11-17H2,1-5H3,(H2,36,42)(H,37,43)(H2,38,39,45)/t18-,22?,23+,24-,25-/m0/s1. The van der Waals surface area contributed by atoms with Crippen molar-refractivity contribution in [3.05, 3.63) is 35.4 Å². The third-order valence-electron chi connectivity index (χ3n) is 8.98. The minimum atomic E-state index is -4.64. The number of hydrogen-bond donors (Lipinski definition) is 4. The molecule has 1 unspecified atom stereocenters. The molecule has 0 radical (unpaired) electrons. The average Bonchev–Trinajstić information content (AvgIpc) is 3.60. The number of urea groups is 1. The van der Waals surface area contributed by atoms with Crippen LogP contribution in [0, 0.1) is 17.3 Å². The Morgan fingerprint density at radius 3 is 2.13 bits per heavy atom. The molecule has 5 amide bonds. The minimum Gasteiger partial charge on any atom is -0.383 e. The van der Waals surface area contributed by atoms with Gasteiger partial charge in [0, 0.05) is 20.1 Å². The highest BCUT2D eigenvalue weighted by Gasteiger charge is 2.46. The monoisotopic (exact) mass is 653 g/mol. The fraction of sp³-hybridized carbons (Fsp3) is 0.656. The molecule has 5 atom stereocenters. The predicted molar refractivity (Wildman–Crippen MR) is 163 cm³/mol. The van der Waals surface area contributed by atoms with Gasteiger partial charge in [-0.2, -0.15) is 13.2 Å². The van der Waals surface area contributed by atoms with Crippen LogP contribution in [0.4, 0.5) is 18.0 Å². The number of likely N-dealkylation sites (tertiary alicyclic amines) is 1. The number of fused-ring (bicyclic) bond motifs is 1. The van der Waals surface area contributed by atoms with Crippen molar-refractivity contribution in [2.24, 2.45) is 23.0 Å². The number of rotatable bonds is 13. The first-order chi connectivity index (χ1) is 21.5. The van der Waals surface area contributed by atoms with E-state index in [0.29, 0.717) is 25.7 Å². The van der Waals surface area contributed by atoms with Gasteiger partial charge in [0.25, 0.3) is 5.91 Å². The lowest BCUT2D eigenvalue weighted by Crippen LogP contribution is -2.61. The number of hydrogen-bond acceptors (Lipinski definition) is 6. The summed E-state index contributed by atoms with van der Waals surface area (Å²) in [6.07, 6.45) is -5.07. The predicted octanol–water partition coefficient (Wildman–Crippen LogP) is 2.64. The number of carbonyl (C=O) groups is 5. The summed E-state index contributed by atoms with van der Waals surface area (Å²) in [6.45, 7) is 8.02. The zero-order valence-electron chi connectivity index (χ0n) is 27.0. The van der Waals surface area contributed by atoms with Gasteiger partial charge in [0.15, 0.2) is 0 Å². The Kier molecular flexibility index (Phi) is 12.2. The summed E-state index contributed by atoms with van der Waals surface area (Å²) in [5.74, 6) is -4.92. The number of nitrogens with two attached hydrogens (primary N) is 1. The molecule has 1 saturated heterocycles. The number of nitrogens with one attached hydrogen (secondary N) is 3. The van der Waals surface area contributed by atoms with Gasteiger partial charge in [-0.25, -0.2) is 4.79 Å². The highest BCUT2D eigenvalue weighted by Crippen LogP contribution is 2.33. The molecule has 1 heterocycles. The maximum atomic E-state index is 14.4. The molecule has 46 heavy (non-hydrogen) atoms. The highest BCUT2D eigenvalue weighted by molar-refractivity contribution is 6.37. The van der Waals surface area contributed by atoms with E-state index in [1.54, 1.807) is 0 Å². The number of benzene rings is 1. The molecule has 2 aliphatic rings. The molecule has 1 fully saturated rings. The van der Waals surface area contributed by atoms with Crippen LogP contribution in [-0.4, -0.2) is 85.0 Å². The van der Waals surface area contributed by atoms with Gasteiger partial charge in [-0.15, -0.1) is 0 Å². The molecular weight excluding hydrogens is 607 g/mol. The number of amides is 5. The van der Waals surface area contributed by atoms with E-state index < -0.39 is 66.7 Å². The first kappa shape index (κ1) is 36.8. The van der Waals surface area contributed by atoms with Crippen LogP contribution in [0.5, 0.6) is 0 Å². The van der Waals surface area contributed by atoms with Crippen molar-refractivity contribution in [3.8, 4) is 0 Å². The van der Waals surface area contributed by atoms with E-state index in [0.717, 1.165) is 11.1 Å². The molecule has 3 rings (SSSR count). The van der Waals surface area contributed by atoms with E-state index in [9.17, 15) is 37.1 Å². The van der Waals surface area contributed by atoms with Gasteiger partial charge < -0.3 is 31.3 Å². The second kappa shape index (κ2) is 15.3. The lowest BCUT2D eigenvalue weighted by Gasteiger charge is -2.35. The first-order valence-electron chi connectivity index (χ1n) is 15.6. The van der Waals surface area contributed by atoms with Crippen LogP contribution >= 0.6 is 0 Å². The van der Waals surface area contributed by atoms with Gasteiger partial charge in [0.2, 0.25) is 17.6 Å². The highest BCUT2D eigenvalue weighted by atomic mass is 19.4. The van der Waals surface area contributed by atoms with Crippen molar-refractivity contribution < 1.29 is 41.9 Å². The summed E-state index contributed by atoms with van der Waals surface area (Å²) < 4.78 is 44.3. The topological polar surface area (TPSA) is 160 Å². The Labute approximate surface area is 267 Å². The molecule has 0 spiro atoms. The average molecular weight is 654 g/mol. The molecule has 256 valence electrons. The summed E-state index contributed by atoms with van der Waals surface area (Å²) in [5, 5.41) is 8.06. The number of Topliss-reactive ketones (excluding diaryl/α,β-unsaturated/α-hetero) is 1. The maximum absolute atomic E-state index is 14.4. The van der Waals surface area contributed by atoms with Crippen LogP contribution < -0.4 is 21.7 Å². The molecule has 1 aliphatic heterocycles. The molecular formula is C32H46F3N5O6. The van der Waals surface area contributed by atoms with Gasteiger partial charge in [0.1, 0.15) is 12.1 Å². The third kappa shape index (κ3) is 9.43. The summed E-state index contributed by atoms with van der Waals surface area (Å²) in [5.41, 5.74) is 6.78. The van der Waals surface area contributed by atoms with E-state index in [4.69, 9.17) is 10.5 Å². The zero-order valence-corrected chi connectivity index (χ0v) is 27.0. The Morgan fingerprint density at radius 2 is 1.63 bits per heavy atom. The van der Waals surface area contributed by atoms with Crippen LogP contribution in [0.3, 0.4) is 0 Å². The van der Waals surface area contributed by atoms with Crippen molar-refractivity contribution >= 4 is 29.5 Å². The van der Waals surface area contributed by atoms with E-state index in [-0.39, 0.29) is 36.4 Å². The second-order valence-electron chi connectivity index (χ2n) is 13.3. The van der Waals surface area contributed by atoms with E-state index in [1.807, 2.05) is 52.0 Å². The van der Waals surface area contributed by atoms with Crippen molar-refractivity contribution in [2.75, 3.05) is 20.3 Å². The van der Waals surface area contributed by atoms with E-state index >= 15 is 0 Å². The van der Waals surface area contributed by atoms with Gasteiger partial charge in [-0.05, 0) is 54.1 Å². The van der Waals surface area contributed by atoms with Crippen molar-refractivity contribution in [1.82, 2.24) is 20.9 Å². The van der Waals surface area contributed by atoms with Crippen molar-refractivity contribution in [2.45, 2.75) is 96.6 Å². The molecule has 0 bridgehead atoms. The van der Waals surface area contributed by atoms with Crippen LogP contribution in [-0.2, 0) is 36.8 Å². The molecule has 0 aromatic heterocycles. The summed E-state index contributed by atoms with van der Waals surface area (Å²) in [6, 6.07) is 2.74. The Balaban J connectivity index is 1.90. The molecule has 1 aromatic carbocycles. The first-order valence-corrected chi connectivity index (χ1v) is 15.6. The minimum absolute atomic E-state index is 0.153. The maximum Gasteiger partial charge on any atom is 0.389 e. The molecule has 14 heteroatoms. The Hall–Kier alpha value is -3.68. The number of primary amides is 1. The molecule has 1 aromatic rings. The number of alkyl halides is 3. The van der Waals surface area contributed by atoms with Crippen molar-refractivity contribution in [3.63, 3.8) is 0 Å². The van der Waals surface area contributed by atoms with Crippen LogP contribution in [0.25, 0.3) is 0 Å². The number of halogens is 3. The van der Waals surface area contributed by atoms with Crippen molar-refractivity contribution in [1.29, 1.82) is 0 Å². The third-order valence-corrected chi connectivity index (χ3v) is 8.98. The number of methoxy groups -OCH3 is 1. The van der Waals surface area contributed by atoms with Crippen LogP contribution in [0.2, 0.25) is 0 Å². The van der Waals surface area contributed by atoms with E-state index in [2.05, 4.69) is 16.0 Å². The van der Waals surface area contributed by atoms with Gasteiger partial charge in [-0.1, -0.05) is 58.4 Å². The smallest absolute Gasteiger partial charge is 0.383 e. The molecule has 5 N–H and O–H groups in total. The molecule has 0 saturated carbocycles. The Bertz CT molecular complexity index is 1260. The molecule has 11 nitrogen and oxygen atoms in total. The lowest BCUT2D eigenvalue weighted by molar-refractivity contribution is -0.146. The number of nitrogens with zero attached hydrogens (tertiary/aromatic N) is 1. The van der Waals surface area contributed by atoms with Crippen LogP contribution in [0.1, 0.15) is 64.5 Å². The normalized spacial score (nSPS) is 20.4. The lowest BCUT2D eigenvalue weighted by atomic mass is 9.87. The largest absolute Gasteiger partial charge is 0.389 e. The molecule has 1 aliphatic carbocycles. The number of ketones is 1. The summed E-state index contributed by atoms with van der Waals surface area (Å²) >= 11 is 0. The zero-order chi connectivity index (χ0) is 34.4. The van der Waals surface area contributed by atoms with E-state index in [1.165, 1.54) is 12.0 Å². The number of carbonyl (C=O) groups excluding carboxylic acids is 5. The van der Waals surface area contributed by atoms with Crippen LogP contribution in [0.15, 0.2) is 24.3 Å². The fourth-order valence-electron chi connectivity index (χ4n) is 6.30. The summed E-state index contributed by atoms with van der Waals surface area (Å²) in [7, 11) is 1.52. The second-order valence-corrected chi connectivity index (χ2v) is 13.3. The van der Waals surface area contributed by atoms with Gasteiger partial charge in [0.05, 0.1) is 18.7 Å². The van der Waals surface area contributed by atoms with Gasteiger partial charge in [-0.3, -0.25) is 19.2 Å². The number of ether oxygens (including phenoxy) is 1. The Morgan fingerprint density at radius 1 is 1.02 bits per heavy atom. The SMILES string of the molecule is CC[C@H]1CCN(C(=O)[C@@H](NC(=O)N[C@H](COC)C(C)(C)C)C2Cc3ccccc3C2)[C@@H]1C(=O)NC(CCC(F)(F)F)C(=O)C(N)=O. The fourth-order valence-corrected chi connectivity index (χ4v) is 6.30. The quantitative estimate of drug-likeness (QED) is 0.240.